The summed E-state index contributed by atoms with van der Waals surface area (Å²) < 4.78 is 0. The number of aromatic nitrogens is 1. The van der Waals surface area contributed by atoms with E-state index in [1.807, 2.05) is 12.1 Å². The van der Waals surface area contributed by atoms with Crippen LogP contribution in [0.2, 0.25) is 5.15 Å². The van der Waals surface area contributed by atoms with Crippen molar-refractivity contribution in [1.29, 1.82) is 0 Å². The molecule has 0 aliphatic heterocycles. The minimum absolute atomic E-state index is 0.268. The Kier molecular flexibility index (Phi) is 5.89. The van der Waals surface area contributed by atoms with Gasteiger partial charge in [-0.2, -0.15) is 0 Å². The molecule has 1 atom stereocenters. The van der Waals surface area contributed by atoms with Gasteiger partial charge >= 0.3 is 0 Å². The molecule has 0 aromatic carbocycles. The lowest BCUT2D eigenvalue weighted by atomic mass is 10.0. The Morgan fingerprint density at radius 1 is 1.41 bits per heavy atom. The average molecular weight is 256 g/mol. The molecule has 1 aromatic rings. The molecule has 0 saturated carbocycles. The van der Waals surface area contributed by atoms with Gasteiger partial charge in [0.25, 0.3) is 0 Å². The summed E-state index contributed by atoms with van der Waals surface area (Å²) >= 11 is 5.85. The number of nitrogens with zero attached hydrogens (tertiary/aromatic N) is 2. The fourth-order valence-corrected chi connectivity index (χ4v) is 1.78. The molecule has 0 amide bonds. The minimum Gasteiger partial charge on any atom is -0.327 e. The summed E-state index contributed by atoms with van der Waals surface area (Å²) in [6.07, 6.45) is 1.01. The first kappa shape index (κ1) is 14.4. The molecule has 2 N–H and O–H groups in total. The molecule has 0 bridgehead atoms. The first-order valence-corrected chi connectivity index (χ1v) is 6.42. The summed E-state index contributed by atoms with van der Waals surface area (Å²) in [6, 6.07) is 5.98. The average Bonchev–Trinajstić information content (AvgIpc) is 2.25. The van der Waals surface area contributed by atoms with Gasteiger partial charge in [-0.05, 0) is 38.1 Å². The summed E-state index contributed by atoms with van der Waals surface area (Å²) in [5.41, 5.74) is 7.02. The molecule has 0 aliphatic rings. The molecule has 1 rings (SSSR count). The molecule has 17 heavy (non-hydrogen) atoms. The molecule has 0 radical (unpaired) electrons. The van der Waals surface area contributed by atoms with Crippen LogP contribution in [0.4, 0.5) is 0 Å². The fourth-order valence-electron chi connectivity index (χ4n) is 1.60. The third-order valence-electron chi connectivity index (χ3n) is 2.91. The summed E-state index contributed by atoms with van der Waals surface area (Å²) in [6.45, 7) is 6.10. The number of hydrogen-bond donors (Lipinski definition) is 1. The molecule has 1 aromatic heterocycles. The summed E-state index contributed by atoms with van der Waals surface area (Å²) in [5, 5.41) is 0.551. The zero-order valence-electron chi connectivity index (χ0n) is 10.9. The van der Waals surface area contributed by atoms with Crippen molar-refractivity contribution >= 4 is 11.6 Å². The van der Waals surface area contributed by atoms with E-state index < -0.39 is 0 Å². The van der Waals surface area contributed by atoms with E-state index in [1.165, 1.54) is 0 Å². The maximum absolute atomic E-state index is 6.02. The zero-order chi connectivity index (χ0) is 12.8. The van der Waals surface area contributed by atoms with Gasteiger partial charge in [0.2, 0.25) is 0 Å². The Morgan fingerprint density at radius 3 is 2.71 bits per heavy atom. The van der Waals surface area contributed by atoms with Crippen LogP contribution >= 0.6 is 11.6 Å². The van der Waals surface area contributed by atoms with Crippen molar-refractivity contribution in [3.63, 3.8) is 0 Å². The van der Waals surface area contributed by atoms with Crippen molar-refractivity contribution in [1.82, 2.24) is 9.88 Å². The lowest BCUT2D eigenvalue weighted by molar-refractivity contribution is 0.293. The van der Waals surface area contributed by atoms with Crippen molar-refractivity contribution in [2.24, 2.45) is 11.7 Å². The van der Waals surface area contributed by atoms with E-state index in [4.69, 9.17) is 17.3 Å². The molecular weight excluding hydrogens is 234 g/mol. The van der Waals surface area contributed by atoms with Crippen LogP contribution in [0.25, 0.3) is 0 Å². The third-order valence-corrected chi connectivity index (χ3v) is 3.12. The van der Waals surface area contributed by atoms with E-state index >= 15 is 0 Å². The first-order chi connectivity index (χ1) is 7.99. The van der Waals surface area contributed by atoms with E-state index in [2.05, 4.69) is 30.8 Å². The predicted octanol–water partition coefficient (Wildman–Crippen LogP) is 2.54. The highest BCUT2D eigenvalue weighted by Crippen LogP contribution is 2.08. The lowest BCUT2D eigenvalue weighted by Gasteiger charge is -2.21. The highest BCUT2D eigenvalue weighted by molar-refractivity contribution is 6.29. The van der Waals surface area contributed by atoms with Gasteiger partial charge < -0.3 is 10.6 Å². The van der Waals surface area contributed by atoms with Gasteiger partial charge in [0.05, 0.1) is 5.69 Å². The molecule has 0 spiro atoms. The van der Waals surface area contributed by atoms with Crippen LogP contribution in [0.1, 0.15) is 26.0 Å². The SMILES string of the molecule is CC(C)C(N)CCN(C)Cc1cccc(Cl)n1. The van der Waals surface area contributed by atoms with Crippen molar-refractivity contribution < 1.29 is 0 Å². The molecule has 0 fully saturated rings. The molecule has 0 saturated heterocycles. The van der Waals surface area contributed by atoms with E-state index in [0.717, 1.165) is 25.2 Å². The Balaban J connectivity index is 2.37. The molecule has 1 heterocycles. The van der Waals surface area contributed by atoms with E-state index in [1.54, 1.807) is 6.07 Å². The standard InChI is InChI=1S/C13H22ClN3/c1-10(2)12(15)7-8-17(3)9-11-5-4-6-13(14)16-11/h4-6,10,12H,7-9,15H2,1-3H3. The highest BCUT2D eigenvalue weighted by Gasteiger charge is 2.09. The lowest BCUT2D eigenvalue weighted by Crippen LogP contribution is -2.31. The molecular formula is C13H22ClN3. The number of nitrogens with two attached hydrogens (primary N) is 1. The molecule has 0 aliphatic carbocycles. The normalized spacial score (nSPS) is 13.4. The molecule has 1 unspecified atom stereocenters. The summed E-state index contributed by atoms with van der Waals surface area (Å²) in [5.74, 6) is 0.535. The summed E-state index contributed by atoms with van der Waals surface area (Å²) in [7, 11) is 2.08. The molecule has 96 valence electrons. The van der Waals surface area contributed by atoms with Crippen LogP contribution < -0.4 is 5.73 Å². The quantitative estimate of drug-likeness (QED) is 0.795. The molecule has 4 heteroatoms. The monoisotopic (exact) mass is 255 g/mol. The van der Waals surface area contributed by atoms with Crippen LogP contribution in [0, 0.1) is 5.92 Å². The Hall–Kier alpha value is -0.640. The van der Waals surface area contributed by atoms with Gasteiger partial charge in [0, 0.05) is 12.6 Å². The molecule has 3 nitrogen and oxygen atoms in total. The zero-order valence-corrected chi connectivity index (χ0v) is 11.6. The largest absolute Gasteiger partial charge is 0.327 e. The second-order valence-electron chi connectivity index (χ2n) is 4.89. The smallest absolute Gasteiger partial charge is 0.129 e. The number of pyridine rings is 1. The minimum atomic E-state index is 0.268. The van der Waals surface area contributed by atoms with Crippen LogP contribution in [-0.4, -0.2) is 29.5 Å². The number of hydrogen-bond acceptors (Lipinski definition) is 3. The van der Waals surface area contributed by atoms with Crippen LogP contribution in [0.3, 0.4) is 0 Å². The van der Waals surface area contributed by atoms with E-state index in [-0.39, 0.29) is 6.04 Å². The van der Waals surface area contributed by atoms with Crippen LogP contribution in [0.15, 0.2) is 18.2 Å². The van der Waals surface area contributed by atoms with Gasteiger partial charge in [-0.1, -0.05) is 31.5 Å². The maximum Gasteiger partial charge on any atom is 0.129 e. The Bertz CT molecular complexity index is 341. The topological polar surface area (TPSA) is 42.1 Å². The van der Waals surface area contributed by atoms with Crippen LogP contribution in [-0.2, 0) is 6.54 Å². The maximum atomic E-state index is 6.02. The van der Waals surface area contributed by atoms with Gasteiger partial charge in [-0.15, -0.1) is 0 Å². The highest BCUT2D eigenvalue weighted by atomic mass is 35.5. The number of rotatable bonds is 6. The fraction of sp³-hybridized carbons (Fsp3) is 0.615. The van der Waals surface area contributed by atoms with Crippen molar-refractivity contribution in [2.45, 2.75) is 32.9 Å². The Labute approximate surface area is 109 Å². The second kappa shape index (κ2) is 6.94. The number of halogens is 1. The predicted molar refractivity (Wildman–Crippen MR) is 73.0 cm³/mol. The van der Waals surface area contributed by atoms with Crippen molar-refractivity contribution in [3.8, 4) is 0 Å². The van der Waals surface area contributed by atoms with Gasteiger partial charge in [0.15, 0.2) is 0 Å². The van der Waals surface area contributed by atoms with Crippen molar-refractivity contribution in [3.05, 3.63) is 29.0 Å². The summed E-state index contributed by atoms with van der Waals surface area (Å²) in [4.78, 5) is 6.49. The Morgan fingerprint density at radius 2 is 2.12 bits per heavy atom. The first-order valence-electron chi connectivity index (χ1n) is 6.04. The van der Waals surface area contributed by atoms with Crippen molar-refractivity contribution in [2.75, 3.05) is 13.6 Å². The second-order valence-corrected chi connectivity index (χ2v) is 5.27. The van der Waals surface area contributed by atoms with Gasteiger partial charge in [-0.25, -0.2) is 4.98 Å². The van der Waals surface area contributed by atoms with Crippen LogP contribution in [0.5, 0.6) is 0 Å². The van der Waals surface area contributed by atoms with Gasteiger partial charge in [-0.3, -0.25) is 0 Å². The van der Waals surface area contributed by atoms with E-state index in [0.29, 0.717) is 11.1 Å². The third kappa shape index (κ3) is 5.48. The van der Waals surface area contributed by atoms with E-state index in [9.17, 15) is 0 Å². The van der Waals surface area contributed by atoms with Gasteiger partial charge in [0.1, 0.15) is 5.15 Å².